The Balaban J connectivity index is 0. The Morgan fingerprint density at radius 2 is 0.500 bits per heavy atom. The van der Waals surface area contributed by atoms with Gasteiger partial charge in [-0.3, -0.25) is 0 Å². The second-order valence-corrected chi connectivity index (χ2v) is 0. The normalized spacial score (nSPS) is 0. The predicted octanol–water partition coefficient (Wildman–Crippen LogP) is -2.41. The van der Waals surface area contributed by atoms with E-state index in [2.05, 4.69) is 0 Å². The van der Waals surface area contributed by atoms with E-state index in [1.807, 2.05) is 0 Å². The molecule has 4 N–H and O–H groups in total. The molecular weight excluding hydrogens is 177 g/mol. The maximum Gasteiger partial charge on any atom is 0 e. The van der Waals surface area contributed by atoms with Crippen LogP contribution in [0.4, 0.5) is 0 Å². The molecule has 0 aliphatic rings. The summed E-state index contributed by atoms with van der Waals surface area (Å²) < 4.78 is 0. The standard InChI is InChI=1S/2Ge.2H2O/h;;2*1H2. The summed E-state index contributed by atoms with van der Waals surface area (Å²) in [7, 11) is 0. The fraction of sp³-hybridized carbons (Fsp3) is 0. The minimum atomic E-state index is 0. The largest absolute Gasteiger partial charge is 0.412 e. The van der Waals surface area contributed by atoms with Crippen molar-refractivity contribution in [1.29, 1.82) is 0 Å². The third-order valence-electron chi connectivity index (χ3n) is 0. The van der Waals surface area contributed by atoms with Crippen molar-refractivity contribution >= 4 is 35.2 Å². The summed E-state index contributed by atoms with van der Waals surface area (Å²) >= 11 is 0. The minimum Gasteiger partial charge on any atom is -0.412 e. The van der Waals surface area contributed by atoms with Crippen LogP contribution in [0, 0.1) is 0 Å². The third-order valence-corrected chi connectivity index (χ3v) is 0. The van der Waals surface area contributed by atoms with E-state index in [9.17, 15) is 0 Å². The van der Waals surface area contributed by atoms with E-state index >= 15 is 0 Å². The first-order chi connectivity index (χ1) is 0. The number of rotatable bonds is 0. The molecule has 24 valence electrons. The zero-order valence-corrected chi connectivity index (χ0v) is 6.20. The average molecular weight is 181 g/mol. The van der Waals surface area contributed by atoms with Crippen molar-refractivity contribution in [2.24, 2.45) is 0 Å². The molecule has 0 spiro atoms. The molecule has 2 nitrogen and oxygen atoms in total. The molecule has 0 aromatic heterocycles. The molecule has 0 aliphatic heterocycles. The van der Waals surface area contributed by atoms with E-state index in [0.717, 1.165) is 0 Å². The van der Waals surface area contributed by atoms with Crippen molar-refractivity contribution in [3.05, 3.63) is 0 Å². The number of hydrogen-bond donors (Lipinski definition) is 0. The molecule has 0 unspecified atom stereocenters. The number of hydrogen-bond acceptors (Lipinski definition) is 0. The van der Waals surface area contributed by atoms with Gasteiger partial charge in [0.05, 0.1) is 0 Å². The summed E-state index contributed by atoms with van der Waals surface area (Å²) in [5.41, 5.74) is 0. The molecule has 0 saturated carbocycles. The van der Waals surface area contributed by atoms with E-state index in [4.69, 9.17) is 0 Å². The molecule has 4 heavy (non-hydrogen) atoms. The van der Waals surface area contributed by atoms with Gasteiger partial charge >= 0.3 is 0 Å². The van der Waals surface area contributed by atoms with Crippen LogP contribution in [-0.2, 0) is 0 Å². The first-order valence-electron chi connectivity index (χ1n) is 0. The minimum absolute atomic E-state index is 0. The Morgan fingerprint density at radius 3 is 0.500 bits per heavy atom. The first-order valence-corrected chi connectivity index (χ1v) is 0. The molecule has 0 rings (SSSR count). The van der Waals surface area contributed by atoms with Gasteiger partial charge in [0.2, 0.25) is 0 Å². The molecule has 0 amide bonds. The van der Waals surface area contributed by atoms with Gasteiger partial charge in [-0.25, -0.2) is 0 Å². The second-order valence-electron chi connectivity index (χ2n) is 0. The zero-order valence-electron chi connectivity index (χ0n) is 2.00. The third kappa shape index (κ3) is 12.0. The van der Waals surface area contributed by atoms with Gasteiger partial charge in [0.25, 0.3) is 0 Å². The van der Waals surface area contributed by atoms with Crippen LogP contribution in [0.2, 0.25) is 0 Å². The van der Waals surface area contributed by atoms with Crippen LogP contribution in [-0.4, -0.2) is 46.1 Å². The summed E-state index contributed by atoms with van der Waals surface area (Å²) in [6.45, 7) is 0. The molecule has 0 fully saturated rings. The van der Waals surface area contributed by atoms with Gasteiger partial charge in [0.15, 0.2) is 0 Å². The van der Waals surface area contributed by atoms with E-state index in [-0.39, 0.29) is 46.1 Å². The monoisotopic (exact) mass is 184 g/mol. The molecule has 0 bridgehead atoms. The van der Waals surface area contributed by atoms with Crippen LogP contribution < -0.4 is 0 Å². The Bertz CT molecular complexity index is 4.00. The molecule has 0 atom stereocenters. The molecule has 0 aromatic rings. The Hall–Kier alpha value is 1.01. The van der Waals surface area contributed by atoms with Gasteiger partial charge in [0.1, 0.15) is 0 Å². The van der Waals surface area contributed by atoms with Gasteiger partial charge in [-0.15, -0.1) is 0 Å². The van der Waals surface area contributed by atoms with Crippen LogP contribution in [0.15, 0.2) is 0 Å². The SMILES string of the molecule is O.O.[Ge].[Ge]. The van der Waals surface area contributed by atoms with Crippen molar-refractivity contribution in [3.63, 3.8) is 0 Å². The fourth-order valence-corrected chi connectivity index (χ4v) is 0. The quantitative estimate of drug-likeness (QED) is 0.374. The van der Waals surface area contributed by atoms with E-state index in [0.29, 0.717) is 0 Å². The molecule has 0 heterocycles. The topological polar surface area (TPSA) is 63.0 Å². The van der Waals surface area contributed by atoms with Crippen molar-refractivity contribution in [1.82, 2.24) is 0 Å². The van der Waals surface area contributed by atoms with Crippen molar-refractivity contribution in [2.75, 3.05) is 0 Å². The van der Waals surface area contributed by atoms with Crippen molar-refractivity contribution in [2.45, 2.75) is 0 Å². The van der Waals surface area contributed by atoms with Gasteiger partial charge in [-0.1, -0.05) is 0 Å². The Kier molecular flexibility index (Phi) is 710. The summed E-state index contributed by atoms with van der Waals surface area (Å²) in [5, 5.41) is 0. The summed E-state index contributed by atoms with van der Waals surface area (Å²) in [6.07, 6.45) is 0. The molecule has 0 aliphatic carbocycles. The maximum absolute atomic E-state index is 0. The molecule has 0 aromatic carbocycles. The van der Waals surface area contributed by atoms with Gasteiger partial charge in [-0.05, 0) is 0 Å². The van der Waals surface area contributed by atoms with Crippen LogP contribution in [0.3, 0.4) is 0 Å². The van der Waals surface area contributed by atoms with E-state index in [1.54, 1.807) is 0 Å². The zero-order chi connectivity index (χ0) is 0. The predicted molar refractivity (Wildman–Crippen MR) is 18.7 cm³/mol. The van der Waals surface area contributed by atoms with Gasteiger partial charge in [0, 0.05) is 35.2 Å². The van der Waals surface area contributed by atoms with Crippen molar-refractivity contribution in [3.8, 4) is 0 Å². The summed E-state index contributed by atoms with van der Waals surface area (Å²) in [5.74, 6) is 0. The molecule has 4 heteroatoms. The van der Waals surface area contributed by atoms with Crippen LogP contribution in [0.25, 0.3) is 0 Å². The maximum atomic E-state index is 0. The molecule has 8 radical (unpaired) electrons. The van der Waals surface area contributed by atoms with Gasteiger partial charge in [-0.2, -0.15) is 0 Å². The first kappa shape index (κ1) is 79.4. The molecular formula is H4Ge2O2. The summed E-state index contributed by atoms with van der Waals surface area (Å²) in [6, 6.07) is 0. The van der Waals surface area contributed by atoms with Gasteiger partial charge < -0.3 is 11.0 Å². The Labute approximate surface area is 46.5 Å². The van der Waals surface area contributed by atoms with E-state index < -0.39 is 0 Å². The van der Waals surface area contributed by atoms with Crippen LogP contribution >= 0.6 is 0 Å². The smallest absolute Gasteiger partial charge is 0 e. The second kappa shape index (κ2) is 35.8. The average Bonchev–Trinajstić information content (AvgIpc) is 0. The Morgan fingerprint density at radius 1 is 0.500 bits per heavy atom. The molecule has 0 saturated heterocycles. The fourth-order valence-electron chi connectivity index (χ4n) is 0. The van der Waals surface area contributed by atoms with Crippen LogP contribution in [0.5, 0.6) is 0 Å². The van der Waals surface area contributed by atoms with E-state index in [1.165, 1.54) is 0 Å². The van der Waals surface area contributed by atoms with Crippen molar-refractivity contribution < 1.29 is 11.0 Å². The van der Waals surface area contributed by atoms with Crippen LogP contribution in [0.1, 0.15) is 0 Å². The summed E-state index contributed by atoms with van der Waals surface area (Å²) in [4.78, 5) is 0.